The number of aryl methyl sites for hydroxylation is 2. The van der Waals surface area contributed by atoms with Crippen molar-refractivity contribution in [1.29, 1.82) is 0 Å². The van der Waals surface area contributed by atoms with Gasteiger partial charge in [-0.1, -0.05) is 36.8 Å². The van der Waals surface area contributed by atoms with Crippen LogP contribution in [0.1, 0.15) is 35.2 Å². The molecule has 0 aliphatic heterocycles. The van der Waals surface area contributed by atoms with Crippen LogP contribution in [0.2, 0.25) is 0 Å². The van der Waals surface area contributed by atoms with Crippen molar-refractivity contribution in [2.45, 2.75) is 26.8 Å². The van der Waals surface area contributed by atoms with Crippen LogP contribution in [0.5, 0.6) is 5.75 Å². The predicted octanol–water partition coefficient (Wildman–Crippen LogP) is 4.15. The Balaban J connectivity index is 2.50. The van der Waals surface area contributed by atoms with Gasteiger partial charge in [-0.25, -0.2) is 4.39 Å². The molecule has 2 aromatic carbocycles. The summed E-state index contributed by atoms with van der Waals surface area (Å²) in [4.78, 5) is 0. The first kappa shape index (κ1) is 15.5. The summed E-state index contributed by atoms with van der Waals surface area (Å²) in [6, 6.07) is 11.5. The number of halogens is 1. The summed E-state index contributed by atoms with van der Waals surface area (Å²) < 4.78 is 18.7. The summed E-state index contributed by atoms with van der Waals surface area (Å²) in [6.07, 6.45) is 0. The van der Waals surface area contributed by atoms with Crippen molar-refractivity contribution < 1.29 is 9.13 Å². The van der Waals surface area contributed by atoms with Gasteiger partial charge in [0.15, 0.2) is 11.6 Å². The highest BCUT2D eigenvalue weighted by Crippen LogP contribution is 2.29. The zero-order chi connectivity index (χ0) is 15.4. The van der Waals surface area contributed by atoms with Crippen molar-refractivity contribution in [3.05, 3.63) is 64.5 Å². The minimum Gasteiger partial charge on any atom is -0.494 e. The van der Waals surface area contributed by atoms with Crippen LogP contribution in [0.3, 0.4) is 0 Å². The molecule has 0 spiro atoms. The normalized spacial score (nSPS) is 12.2. The number of methoxy groups -OCH3 is 1. The van der Waals surface area contributed by atoms with Crippen LogP contribution >= 0.6 is 0 Å². The zero-order valence-corrected chi connectivity index (χ0v) is 13.0. The molecule has 112 valence electrons. The summed E-state index contributed by atoms with van der Waals surface area (Å²) in [7, 11) is 1.49. The molecule has 0 radical (unpaired) electrons. The highest BCUT2D eigenvalue weighted by molar-refractivity contribution is 5.42. The fourth-order valence-electron chi connectivity index (χ4n) is 2.54. The van der Waals surface area contributed by atoms with E-state index < -0.39 is 0 Å². The molecule has 0 saturated carbocycles. The molecule has 0 bridgehead atoms. The molecule has 1 N–H and O–H groups in total. The Morgan fingerprint density at radius 2 is 1.90 bits per heavy atom. The lowest BCUT2D eigenvalue weighted by Gasteiger charge is -2.22. The van der Waals surface area contributed by atoms with Gasteiger partial charge in [0.05, 0.1) is 13.2 Å². The monoisotopic (exact) mass is 287 g/mol. The average Bonchev–Trinajstić information content (AvgIpc) is 2.48. The van der Waals surface area contributed by atoms with E-state index in [4.69, 9.17) is 4.74 Å². The molecule has 21 heavy (non-hydrogen) atoms. The topological polar surface area (TPSA) is 21.3 Å². The van der Waals surface area contributed by atoms with Gasteiger partial charge in [-0.05, 0) is 49.2 Å². The predicted molar refractivity (Wildman–Crippen MR) is 84.4 cm³/mol. The van der Waals surface area contributed by atoms with Gasteiger partial charge >= 0.3 is 0 Å². The molecule has 1 unspecified atom stereocenters. The third kappa shape index (κ3) is 3.42. The molecule has 0 fully saturated rings. The van der Waals surface area contributed by atoms with Crippen molar-refractivity contribution >= 4 is 0 Å². The summed E-state index contributed by atoms with van der Waals surface area (Å²) in [5, 5.41) is 3.48. The van der Waals surface area contributed by atoms with E-state index in [1.807, 2.05) is 6.07 Å². The van der Waals surface area contributed by atoms with Crippen molar-refractivity contribution in [1.82, 2.24) is 5.32 Å². The van der Waals surface area contributed by atoms with E-state index in [0.29, 0.717) is 0 Å². The van der Waals surface area contributed by atoms with E-state index in [-0.39, 0.29) is 17.6 Å². The zero-order valence-electron chi connectivity index (χ0n) is 13.0. The molecule has 2 aromatic rings. The second-order valence-corrected chi connectivity index (χ2v) is 5.24. The van der Waals surface area contributed by atoms with Gasteiger partial charge in [-0.3, -0.25) is 0 Å². The first-order valence-corrected chi connectivity index (χ1v) is 7.20. The first-order chi connectivity index (χ1) is 10.1. The van der Waals surface area contributed by atoms with Gasteiger partial charge < -0.3 is 10.1 Å². The summed E-state index contributed by atoms with van der Waals surface area (Å²) in [6.45, 7) is 7.08. The molecule has 2 nitrogen and oxygen atoms in total. The summed E-state index contributed by atoms with van der Waals surface area (Å²) in [5.41, 5.74) is 4.65. The Hall–Kier alpha value is -1.87. The van der Waals surface area contributed by atoms with E-state index in [1.54, 1.807) is 6.07 Å². The summed E-state index contributed by atoms with van der Waals surface area (Å²) in [5.74, 6) is -0.0572. The third-order valence-electron chi connectivity index (χ3n) is 3.66. The average molecular weight is 287 g/mol. The Morgan fingerprint density at radius 3 is 2.57 bits per heavy atom. The highest BCUT2D eigenvalue weighted by Gasteiger charge is 2.17. The highest BCUT2D eigenvalue weighted by atomic mass is 19.1. The molecule has 0 aromatic heterocycles. The van der Waals surface area contributed by atoms with Crippen molar-refractivity contribution in [2.24, 2.45) is 0 Å². The number of ether oxygens (including phenoxy) is 1. The van der Waals surface area contributed by atoms with Gasteiger partial charge in [-0.15, -0.1) is 0 Å². The molecule has 0 saturated heterocycles. The van der Waals surface area contributed by atoms with Gasteiger partial charge in [0.1, 0.15) is 0 Å². The first-order valence-electron chi connectivity index (χ1n) is 7.20. The lowest BCUT2D eigenvalue weighted by atomic mass is 9.93. The number of rotatable bonds is 5. The van der Waals surface area contributed by atoms with Crippen LogP contribution in [-0.2, 0) is 0 Å². The Kier molecular flexibility index (Phi) is 4.97. The second-order valence-electron chi connectivity index (χ2n) is 5.24. The van der Waals surface area contributed by atoms with Gasteiger partial charge in [0.25, 0.3) is 0 Å². The third-order valence-corrected chi connectivity index (χ3v) is 3.66. The van der Waals surface area contributed by atoms with E-state index in [0.717, 1.165) is 12.1 Å². The quantitative estimate of drug-likeness (QED) is 0.892. The number of nitrogens with one attached hydrogen (secondary N) is 1. The van der Waals surface area contributed by atoms with Gasteiger partial charge in [-0.2, -0.15) is 0 Å². The Morgan fingerprint density at radius 1 is 1.14 bits per heavy atom. The second kappa shape index (κ2) is 6.72. The van der Waals surface area contributed by atoms with Crippen LogP contribution in [0.15, 0.2) is 36.4 Å². The van der Waals surface area contributed by atoms with E-state index in [2.05, 4.69) is 44.3 Å². The fourth-order valence-corrected chi connectivity index (χ4v) is 2.54. The van der Waals surface area contributed by atoms with Crippen LogP contribution in [0.4, 0.5) is 4.39 Å². The Bertz CT molecular complexity index is 625. The molecule has 0 heterocycles. The molecule has 0 aliphatic carbocycles. The molecule has 0 aliphatic rings. The minimum absolute atomic E-state index is 0.0319. The molecule has 3 heteroatoms. The smallest absolute Gasteiger partial charge is 0.165 e. The minimum atomic E-state index is -0.336. The van der Waals surface area contributed by atoms with E-state index in [1.165, 1.54) is 29.9 Å². The molecule has 0 amide bonds. The summed E-state index contributed by atoms with van der Waals surface area (Å²) >= 11 is 0. The van der Waals surface area contributed by atoms with Crippen molar-refractivity contribution in [3.63, 3.8) is 0 Å². The molecular weight excluding hydrogens is 265 g/mol. The van der Waals surface area contributed by atoms with Crippen LogP contribution in [0.25, 0.3) is 0 Å². The standard InChI is InChI=1S/C18H22FNO/c1-5-20-18(15-10-12(2)6-7-13(15)3)14-8-9-16(19)17(11-14)21-4/h6-11,18,20H,5H2,1-4H3. The van der Waals surface area contributed by atoms with E-state index >= 15 is 0 Å². The van der Waals surface area contributed by atoms with Crippen LogP contribution < -0.4 is 10.1 Å². The maximum absolute atomic E-state index is 13.6. The number of hydrogen-bond donors (Lipinski definition) is 1. The number of hydrogen-bond acceptors (Lipinski definition) is 2. The van der Waals surface area contributed by atoms with Crippen LogP contribution in [0, 0.1) is 19.7 Å². The lowest BCUT2D eigenvalue weighted by Crippen LogP contribution is -2.23. The lowest BCUT2D eigenvalue weighted by molar-refractivity contribution is 0.385. The molecule has 1 atom stereocenters. The van der Waals surface area contributed by atoms with Crippen molar-refractivity contribution in [3.8, 4) is 5.75 Å². The van der Waals surface area contributed by atoms with Crippen molar-refractivity contribution in [2.75, 3.05) is 13.7 Å². The molecular formula is C18H22FNO. The maximum Gasteiger partial charge on any atom is 0.165 e. The van der Waals surface area contributed by atoms with Crippen LogP contribution in [-0.4, -0.2) is 13.7 Å². The maximum atomic E-state index is 13.6. The fraction of sp³-hybridized carbons (Fsp3) is 0.333. The van der Waals surface area contributed by atoms with Gasteiger partial charge in [0.2, 0.25) is 0 Å². The van der Waals surface area contributed by atoms with Gasteiger partial charge in [0, 0.05) is 0 Å². The largest absolute Gasteiger partial charge is 0.494 e. The molecule has 2 rings (SSSR count). The van der Waals surface area contributed by atoms with E-state index in [9.17, 15) is 4.39 Å². The SMILES string of the molecule is CCNC(c1ccc(F)c(OC)c1)c1cc(C)ccc1C. The Labute approximate surface area is 126 Å². The number of benzene rings is 2.